The van der Waals surface area contributed by atoms with Crippen molar-refractivity contribution in [2.75, 3.05) is 13.1 Å². The minimum Gasteiger partial charge on any atom is -0.328 e. The zero-order chi connectivity index (χ0) is 15.1. The highest BCUT2D eigenvalue weighted by Crippen LogP contribution is 2.18. The van der Waals surface area contributed by atoms with E-state index in [1.165, 1.54) is 5.56 Å². The first-order valence-corrected chi connectivity index (χ1v) is 7.80. The molecule has 3 heterocycles. The SMILES string of the molecule is NC1CCN(Cc2ccc3c(c2)[nH]c(=O)c2cccn23)CC1. The van der Waals surface area contributed by atoms with Gasteiger partial charge in [-0.2, -0.15) is 0 Å². The van der Waals surface area contributed by atoms with Crippen molar-refractivity contribution in [3.05, 3.63) is 52.4 Å². The second kappa shape index (κ2) is 5.26. The van der Waals surface area contributed by atoms with E-state index in [0.29, 0.717) is 11.6 Å². The summed E-state index contributed by atoms with van der Waals surface area (Å²) < 4.78 is 1.94. The second-order valence-electron chi connectivity index (χ2n) is 6.18. The lowest BCUT2D eigenvalue weighted by Crippen LogP contribution is -2.39. The zero-order valence-corrected chi connectivity index (χ0v) is 12.5. The average Bonchev–Trinajstić information content (AvgIpc) is 3.00. The summed E-state index contributed by atoms with van der Waals surface area (Å²) >= 11 is 0. The molecule has 0 amide bonds. The first-order valence-electron chi connectivity index (χ1n) is 7.80. The lowest BCUT2D eigenvalue weighted by molar-refractivity contribution is 0.206. The lowest BCUT2D eigenvalue weighted by Gasteiger charge is -2.30. The highest BCUT2D eigenvalue weighted by Gasteiger charge is 2.16. The molecule has 1 aliphatic heterocycles. The van der Waals surface area contributed by atoms with E-state index in [1.807, 2.05) is 22.7 Å². The Labute approximate surface area is 128 Å². The van der Waals surface area contributed by atoms with Crippen LogP contribution in [0.25, 0.3) is 16.6 Å². The monoisotopic (exact) mass is 296 g/mol. The molecule has 2 aromatic heterocycles. The maximum atomic E-state index is 12.1. The Hall–Kier alpha value is -2.11. The summed E-state index contributed by atoms with van der Waals surface area (Å²) in [7, 11) is 0. The Kier molecular flexibility index (Phi) is 3.24. The number of hydrogen-bond donors (Lipinski definition) is 2. The van der Waals surface area contributed by atoms with Gasteiger partial charge < -0.3 is 15.1 Å². The molecule has 5 heteroatoms. The molecule has 3 aromatic rings. The molecule has 0 saturated carbocycles. The minimum absolute atomic E-state index is 0.0430. The largest absolute Gasteiger partial charge is 0.328 e. The van der Waals surface area contributed by atoms with Crippen LogP contribution in [-0.4, -0.2) is 33.4 Å². The van der Waals surface area contributed by atoms with Gasteiger partial charge in [0.25, 0.3) is 5.56 Å². The van der Waals surface area contributed by atoms with Crippen LogP contribution in [0.1, 0.15) is 18.4 Å². The van der Waals surface area contributed by atoms with E-state index < -0.39 is 0 Å². The molecule has 0 atom stereocenters. The molecule has 22 heavy (non-hydrogen) atoms. The number of H-pyrrole nitrogens is 1. The number of fused-ring (bicyclic) bond motifs is 3. The van der Waals surface area contributed by atoms with Crippen LogP contribution < -0.4 is 11.3 Å². The van der Waals surface area contributed by atoms with Crippen LogP contribution in [0, 0.1) is 0 Å². The van der Waals surface area contributed by atoms with Crippen molar-refractivity contribution >= 4 is 16.6 Å². The highest BCUT2D eigenvalue weighted by atomic mass is 16.1. The number of hydrogen-bond acceptors (Lipinski definition) is 3. The Bertz CT molecular complexity index is 871. The van der Waals surface area contributed by atoms with E-state index in [2.05, 4.69) is 28.1 Å². The third kappa shape index (κ3) is 2.32. The van der Waals surface area contributed by atoms with Gasteiger partial charge in [-0.15, -0.1) is 0 Å². The molecule has 114 valence electrons. The van der Waals surface area contributed by atoms with E-state index in [4.69, 9.17) is 5.73 Å². The first-order chi connectivity index (χ1) is 10.7. The summed E-state index contributed by atoms with van der Waals surface area (Å²) in [5, 5.41) is 0. The number of nitrogens with two attached hydrogens (primary N) is 1. The maximum absolute atomic E-state index is 12.1. The average molecular weight is 296 g/mol. The standard InChI is InChI=1S/C17H20N4O/c18-13-5-8-20(9-6-13)11-12-3-4-15-14(10-12)19-17(22)16-2-1-7-21(15)16/h1-4,7,10,13H,5-6,8-9,11,18H2,(H,19,22). The van der Waals surface area contributed by atoms with Crippen molar-refractivity contribution in [2.24, 2.45) is 5.73 Å². The number of aromatic nitrogens is 2. The Morgan fingerprint density at radius 1 is 1.18 bits per heavy atom. The summed E-state index contributed by atoms with van der Waals surface area (Å²) in [5.41, 5.74) is 9.74. The van der Waals surface area contributed by atoms with Gasteiger partial charge in [0, 0.05) is 18.8 Å². The van der Waals surface area contributed by atoms with Gasteiger partial charge in [0.05, 0.1) is 11.0 Å². The Morgan fingerprint density at radius 2 is 2.00 bits per heavy atom. The third-order valence-electron chi connectivity index (χ3n) is 4.59. The quantitative estimate of drug-likeness (QED) is 0.756. The molecule has 4 rings (SSSR count). The molecule has 1 fully saturated rings. The van der Waals surface area contributed by atoms with Crippen LogP contribution in [0.3, 0.4) is 0 Å². The van der Waals surface area contributed by atoms with E-state index in [1.54, 1.807) is 0 Å². The van der Waals surface area contributed by atoms with Gasteiger partial charge in [-0.25, -0.2) is 0 Å². The minimum atomic E-state index is -0.0430. The highest BCUT2D eigenvalue weighted by molar-refractivity contribution is 5.78. The molecule has 0 spiro atoms. The normalized spacial score (nSPS) is 17.5. The van der Waals surface area contributed by atoms with Crippen LogP contribution in [0.4, 0.5) is 0 Å². The van der Waals surface area contributed by atoms with Gasteiger partial charge in [0.15, 0.2) is 0 Å². The summed E-state index contributed by atoms with van der Waals surface area (Å²) in [6, 6.07) is 10.4. The van der Waals surface area contributed by atoms with E-state index >= 15 is 0 Å². The predicted molar refractivity (Wildman–Crippen MR) is 88.0 cm³/mol. The molecule has 1 aromatic carbocycles. The van der Waals surface area contributed by atoms with Crippen molar-refractivity contribution in [3.63, 3.8) is 0 Å². The van der Waals surface area contributed by atoms with Crippen molar-refractivity contribution in [2.45, 2.75) is 25.4 Å². The molecule has 1 aliphatic rings. The number of nitrogens with zero attached hydrogens (tertiary/aromatic N) is 2. The van der Waals surface area contributed by atoms with Gasteiger partial charge in [-0.3, -0.25) is 9.69 Å². The zero-order valence-electron chi connectivity index (χ0n) is 12.5. The third-order valence-corrected chi connectivity index (χ3v) is 4.59. The summed E-state index contributed by atoms with van der Waals surface area (Å²) in [4.78, 5) is 17.5. The molecule has 5 nitrogen and oxygen atoms in total. The van der Waals surface area contributed by atoms with Crippen molar-refractivity contribution in [1.82, 2.24) is 14.3 Å². The van der Waals surface area contributed by atoms with Gasteiger partial charge in [0.2, 0.25) is 0 Å². The summed E-state index contributed by atoms with van der Waals surface area (Å²) in [5.74, 6) is 0. The van der Waals surface area contributed by atoms with E-state index in [9.17, 15) is 4.79 Å². The number of rotatable bonds is 2. The van der Waals surface area contributed by atoms with Gasteiger partial charge in [0.1, 0.15) is 5.52 Å². The smallest absolute Gasteiger partial charge is 0.272 e. The summed E-state index contributed by atoms with van der Waals surface area (Å²) in [6.45, 7) is 3.01. The topological polar surface area (TPSA) is 66.5 Å². The van der Waals surface area contributed by atoms with Crippen LogP contribution in [0.15, 0.2) is 41.3 Å². The van der Waals surface area contributed by atoms with E-state index in [-0.39, 0.29) is 5.56 Å². The molecule has 0 bridgehead atoms. The van der Waals surface area contributed by atoms with Gasteiger partial charge in [-0.1, -0.05) is 6.07 Å². The molecule has 0 aliphatic carbocycles. The van der Waals surface area contributed by atoms with Crippen molar-refractivity contribution in [1.29, 1.82) is 0 Å². The molecule has 0 unspecified atom stereocenters. The fraction of sp³-hybridized carbons (Fsp3) is 0.353. The van der Waals surface area contributed by atoms with Gasteiger partial charge >= 0.3 is 0 Å². The maximum Gasteiger partial charge on any atom is 0.272 e. The predicted octanol–water partition coefficient (Wildman–Crippen LogP) is 1.70. The van der Waals surface area contributed by atoms with Crippen LogP contribution in [0.5, 0.6) is 0 Å². The van der Waals surface area contributed by atoms with Crippen LogP contribution in [-0.2, 0) is 6.54 Å². The Balaban J connectivity index is 1.68. The van der Waals surface area contributed by atoms with Crippen LogP contribution >= 0.6 is 0 Å². The summed E-state index contributed by atoms with van der Waals surface area (Å²) in [6.07, 6.45) is 4.06. The fourth-order valence-corrected chi connectivity index (χ4v) is 3.32. The fourth-order valence-electron chi connectivity index (χ4n) is 3.32. The number of aromatic amines is 1. The van der Waals surface area contributed by atoms with Crippen LogP contribution in [0.2, 0.25) is 0 Å². The molecule has 0 radical (unpaired) electrons. The molecule has 1 saturated heterocycles. The van der Waals surface area contributed by atoms with Crippen molar-refractivity contribution in [3.8, 4) is 0 Å². The number of piperidine rings is 1. The first kappa shape index (κ1) is 13.5. The number of benzene rings is 1. The Morgan fingerprint density at radius 3 is 2.82 bits per heavy atom. The molecular weight excluding hydrogens is 276 g/mol. The van der Waals surface area contributed by atoms with Crippen molar-refractivity contribution < 1.29 is 0 Å². The lowest BCUT2D eigenvalue weighted by atomic mass is 10.1. The molecular formula is C17H20N4O. The number of nitrogens with one attached hydrogen (secondary N) is 1. The number of likely N-dealkylation sites (tertiary alicyclic amines) is 1. The second-order valence-corrected chi connectivity index (χ2v) is 6.18. The van der Waals surface area contributed by atoms with E-state index in [0.717, 1.165) is 43.5 Å². The molecule has 3 N–H and O–H groups in total. The van der Waals surface area contributed by atoms with Gasteiger partial charge in [-0.05, 0) is 55.8 Å².